The molecule has 3 N–H and O–H groups in total. The van der Waals surface area contributed by atoms with Crippen molar-refractivity contribution in [1.82, 2.24) is 20.5 Å². The zero-order chi connectivity index (χ0) is 28.8. The highest BCUT2D eigenvalue weighted by molar-refractivity contribution is 7.80. The number of nitrogens with one attached hydrogen (secondary N) is 3. The van der Waals surface area contributed by atoms with Crippen molar-refractivity contribution in [1.29, 1.82) is 0 Å². The maximum absolute atomic E-state index is 13.9. The summed E-state index contributed by atoms with van der Waals surface area (Å²) in [6.45, 7) is 13.1. The molecule has 4 heterocycles. The summed E-state index contributed by atoms with van der Waals surface area (Å²) < 4.78 is 4.94. The van der Waals surface area contributed by atoms with Crippen molar-refractivity contribution in [2.75, 3.05) is 13.2 Å². The number of nitrogens with zero attached hydrogens (tertiary/aromatic N) is 1. The van der Waals surface area contributed by atoms with Crippen LogP contribution in [0.1, 0.15) is 80.9 Å². The van der Waals surface area contributed by atoms with E-state index in [4.69, 9.17) is 17.0 Å². The molecule has 2 bridgehead atoms. The average Bonchev–Trinajstić information content (AvgIpc) is 3.66. The molecule has 7 nitrogen and oxygen atoms in total. The van der Waals surface area contributed by atoms with Gasteiger partial charge in [0.15, 0.2) is 5.11 Å². The number of ether oxygens (including phenoxy) is 1. The lowest BCUT2D eigenvalue weighted by Gasteiger charge is -2.31. The maximum Gasteiger partial charge on any atom is 0.413 e. The Morgan fingerprint density at radius 3 is 2.35 bits per heavy atom. The van der Waals surface area contributed by atoms with Crippen molar-refractivity contribution in [3.8, 4) is 11.3 Å². The van der Waals surface area contributed by atoms with Crippen LogP contribution in [0.2, 0.25) is 0 Å². The van der Waals surface area contributed by atoms with Gasteiger partial charge >= 0.3 is 6.09 Å². The third-order valence-corrected chi connectivity index (χ3v) is 10.1. The zero-order valence-electron chi connectivity index (χ0n) is 24.3. The van der Waals surface area contributed by atoms with Gasteiger partial charge in [-0.15, -0.1) is 11.3 Å². The van der Waals surface area contributed by atoms with Crippen molar-refractivity contribution in [2.24, 2.45) is 0 Å². The van der Waals surface area contributed by atoms with E-state index in [2.05, 4.69) is 79.4 Å². The van der Waals surface area contributed by atoms with Crippen molar-refractivity contribution >= 4 is 50.9 Å². The van der Waals surface area contributed by atoms with E-state index in [0.717, 1.165) is 52.0 Å². The predicted octanol–water partition coefficient (Wildman–Crippen LogP) is 6.67. The normalized spacial score (nSPS) is 19.2. The van der Waals surface area contributed by atoms with E-state index < -0.39 is 11.5 Å². The Balaban J connectivity index is 1.48. The summed E-state index contributed by atoms with van der Waals surface area (Å²) in [6, 6.07) is 9.63. The van der Waals surface area contributed by atoms with Crippen LogP contribution in [0.15, 0.2) is 24.3 Å². The standard InChI is InChI=1S/C31H40N4O3S2/c1-7-38-30(37)34-29(39)32-16-19(4)25-23-15-24(31(5,6)28(36)35-21-8-9-22(35)11-10-21)40-27(23)33-26(25)20-13-17(2)12-18(3)14-20/h12-15,19,21-22,33H,7-11,16H2,1-6H3,(H2,32,34,37,39)/t19-,21?,22?/m1/s1. The van der Waals surface area contributed by atoms with E-state index in [1.54, 1.807) is 18.3 Å². The van der Waals surface area contributed by atoms with Crippen LogP contribution in [0.3, 0.4) is 0 Å². The van der Waals surface area contributed by atoms with Gasteiger partial charge in [0, 0.05) is 34.8 Å². The number of carbonyl (C=O) groups excluding carboxylic acids is 2. The van der Waals surface area contributed by atoms with Crippen LogP contribution in [0, 0.1) is 13.8 Å². The lowest BCUT2D eigenvalue weighted by Crippen LogP contribution is -2.45. The maximum atomic E-state index is 13.9. The molecule has 1 aromatic carbocycles. The molecule has 0 unspecified atom stereocenters. The van der Waals surface area contributed by atoms with E-state index in [1.165, 1.54) is 16.7 Å². The molecule has 5 rings (SSSR count). The number of rotatable bonds is 7. The minimum absolute atomic E-state index is 0.0576. The van der Waals surface area contributed by atoms with Crippen LogP contribution in [0.25, 0.3) is 21.5 Å². The Bertz CT molecular complexity index is 1420. The van der Waals surface area contributed by atoms with Crippen LogP contribution in [-0.4, -0.2) is 52.2 Å². The number of thiophene rings is 1. The Labute approximate surface area is 246 Å². The number of amides is 2. The van der Waals surface area contributed by atoms with Gasteiger partial charge in [0.2, 0.25) is 5.91 Å². The highest BCUT2D eigenvalue weighted by Crippen LogP contribution is 2.45. The van der Waals surface area contributed by atoms with E-state index in [9.17, 15) is 9.59 Å². The SMILES string of the molecule is CCOC(=O)NC(=S)NC[C@@H](C)c1c(-c2cc(C)cc(C)c2)[nH]c2sc(C(C)(C)C(=O)N3C4CCC3CC4)cc12. The molecule has 2 fully saturated rings. The second-order valence-electron chi connectivity index (χ2n) is 11.9. The molecule has 2 aliphatic heterocycles. The van der Waals surface area contributed by atoms with E-state index in [0.29, 0.717) is 18.6 Å². The third-order valence-electron chi connectivity index (χ3n) is 8.43. The summed E-state index contributed by atoms with van der Waals surface area (Å²) in [5.41, 5.74) is 5.22. The molecular formula is C31H40N4O3S2. The van der Waals surface area contributed by atoms with Crippen molar-refractivity contribution in [3.63, 3.8) is 0 Å². The molecular weight excluding hydrogens is 541 g/mol. The van der Waals surface area contributed by atoms with Gasteiger partial charge in [0.25, 0.3) is 0 Å². The summed E-state index contributed by atoms with van der Waals surface area (Å²) >= 11 is 7.02. The van der Waals surface area contributed by atoms with Gasteiger partial charge in [0.1, 0.15) is 4.83 Å². The first-order chi connectivity index (χ1) is 19.0. The van der Waals surface area contributed by atoms with Crippen LogP contribution < -0.4 is 10.6 Å². The van der Waals surface area contributed by atoms with Gasteiger partial charge in [-0.05, 0) is 102 Å². The van der Waals surface area contributed by atoms with Gasteiger partial charge < -0.3 is 19.9 Å². The largest absolute Gasteiger partial charge is 0.450 e. The van der Waals surface area contributed by atoms with Crippen molar-refractivity contribution in [3.05, 3.63) is 45.8 Å². The number of aromatic amines is 1. The number of fused-ring (bicyclic) bond motifs is 3. The third kappa shape index (κ3) is 5.38. The molecule has 0 spiro atoms. The van der Waals surface area contributed by atoms with Crippen LogP contribution >= 0.6 is 23.6 Å². The number of hydrogen-bond acceptors (Lipinski definition) is 5. The number of thiocarbonyl (C=S) groups is 1. The highest BCUT2D eigenvalue weighted by Gasteiger charge is 2.47. The molecule has 2 amide bonds. The second-order valence-corrected chi connectivity index (χ2v) is 13.4. The Kier molecular flexibility index (Phi) is 7.99. The topological polar surface area (TPSA) is 86.5 Å². The fourth-order valence-electron chi connectivity index (χ4n) is 6.49. The zero-order valence-corrected chi connectivity index (χ0v) is 25.9. The van der Waals surface area contributed by atoms with Gasteiger partial charge in [-0.25, -0.2) is 4.79 Å². The number of aryl methyl sites for hydroxylation is 2. The molecule has 2 saturated heterocycles. The van der Waals surface area contributed by atoms with E-state index in [-0.39, 0.29) is 23.5 Å². The molecule has 0 radical (unpaired) electrons. The number of H-pyrrole nitrogens is 1. The minimum Gasteiger partial charge on any atom is -0.450 e. The second kappa shape index (κ2) is 11.2. The molecule has 2 aliphatic rings. The first-order valence-corrected chi connectivity index (χ1v) is 15.5. The Morgan fingerprint density at radius 1 is 1.12 bits per heavy atom. The van der Waals surface area contributed by atoms with Gasteiger partial charge in [-0.3, -0.25) is 10.1 Å². The first-order valence-electron chi connectivity index (χ1n) is 14.3. The van der Waals surface area contributed by atoms with E-state index in [1.807, 2.05) is 0 Å². The van der Waals surface area contributed by atoms with Gasteiger partial charge in [-0.1, -0.05) is 24.1 Å². The summed E-state index contributed by atoms with van der Waals surface area (Å²) in [4.78, 5) is 33.8. The molecule has 9 heteroatoms. The first kappa shape index (κ1) is 28.6. The predicted molar refractivity (Wildman–Crippen MR) is 166 cm³/mol. The van der Waals surface area contributed by atoms with Crippen LogP contribution in [0.5, 0.6) is 0 Å². The number of carbonyl (C=O) groups is 2. The molecule has 3 aromatic rings. The summed E-state index contributed by atoms with van der Waals surface area (Å²) in [6.07, 6.45) is 3.99. The fraction of sp³-hybridized carbons (Fsp3) is 0.516. The van der Waals surface area contributed by atoms with Gasteiger partial charge in [0.05, 0.1) is 17.7 Å². The summed E-state index contributed by atoms with van der Waals surface area (Å²) in [5.74, 6) is 0.310. The molecule has 214 valence electrons. The summed E-state index contributed by atoms with van der Waals surface area (Å²) in [5, 5.41) is 7.13. The number of benzene rings is 1. The molecule has 1 atom stereocenters. The minimum atomic E-state index is -0.598. The van der Waals surface area contributed by atoms with Crippen molar-refractivity contribution in [2.45, 2.75) is 90.6 Å². The monoisotopic (exact) mass is 580 g/mol. The van der Waals surface area contributed by atoms with E-state index >= 15 is 0 Å². The van der Waals surface area contributed by atoms with Crippen molar-refractivity contribution < 1.29 is 14.3 Å². The lowest BCUT2D eigenvalue weighted by molar-refractivity contribution is -0.137. The fourth-order valence-corrected chi connectivity index (χ4v) is 7.83. The Hall–Kier alpha value is -2.91. The smallest absolute Gasteiger partial charge is 0.413 e. The van der Waals surface area contributed by atoms with Crippen LogP contribution in [-0.2, 0) is 14.9 Å². The molecule has 0 aliphatic carbocycles. The van der Waals surface area contributed by atoms with Crippen LogP contribution in [0.4, 0.5) is 4.79 Å². The number of aromatic nitrogens is 1. The molecule has 0 saturated carbocycles. The summed E-state index contributed by atoms with van der Waals surface area (Å²) in [7, 11) is 0. The lowest BCUT2D eigenvalue weighted by atomic mass is 9.88. The quantitative estimate of drug-likeness (QED) is 0.272. The number of hydrogen-bond donors (Lipinski definition) is 3. The highest BCUT2D eigenvalue weighted by atomic mass is 32.1. The average molecular weight is 581 g/mol. The molecule has 2 aromatic heterocycles. The molecule has 40 heavy (non-hydrogen) atoms. The number of alkyl carbamates (subject to hydrolysis) is 1. The van der Waals surface area contributed by atoms with Gasteiger partial charge in [-0.2, -0.15) is 0 Å². The Morgan fingerprint density at radius 2 is 1.75 bits per heavy atom.